The lowest BCUT2D eigenvalue weighted by atomic mass is 10.1. The van der Waals surface area contributed by atoms with E-state index in [9.17, 15) is 18.4 Å². The number of fused-ring (bicyclic) bond motifs is 1. The summed E-state index contributed by atoms with van der Waals surface area (Å²) in [7, 11) is 1.46. The number of halogens is 2. The minimum Gasteiger partial charge on any atom is -0.496 e. The Kier molecular flexibility index (Phi) is 6.29. The Hall–Kier alpha value is -3.30. The Bertz CT molecular complexity index is 1530. The monoisotopic (exact) mass is 497 g/mol. The molecule has 4 aromatic rings. The van der Waals surface area contributed by atoms with Gasteiger partial charge in [0.25, 0.3) is 5.56 Å². The van der Waals surface area contributed by atoms with E-state index in [4.69, 9.17) is 4.74 Å². The number of aromatic nitrogens is 2. The highest BCUT2D eigenvalue weighted by Crippen LogP contribution is 2.37. The fourth-order valence-corrected chi connectivity index (χ4v) is 5.75. The van der Waals surface area contributed by atoms with Crippen LogP contribution in [0.3, 0.4) is 0 Å². The molecule has 5 rings (SSSR count). The Morgan fingerprint density at radius 1 is 1.09 bits per heavy atom. The molecule has 0 unspecified atom stereocenters. The second-order valence-electron chi connectivity index (χ2n) is 8.78. The van der Waals surface area contributed by atoms with Crippen LogP contribution in [0, 0.1) is 18.6 Å². The molecule has 9 heteroatoms. The fraction of sp³-hybridized carbons (Fsp3) is 0.308. The van der Waals surface area contributed by atoms with Crippen LogP contribution in [0.2, 0.25) is 0 Å². The van der Waals surface area contributed by atoms with Gasteiger partial charge in [-0.05, 0) is 68.2 Å². The first-order chi connectivity index (χ1) is 16.9. The number of hydrogen-bond donors (Lipinski definition) is 1. The van der Waals surface area contributed by atoms with Gasteiger partial charge in [0.05, 0.1) is 19.2 Å². The van der Waals surface area contributed by atoms with Gasteiger partial charge in [0.15, 0.2) is 0 Å². The molecule has 1 fully saturated rings. The molecule has 0 bridgehead atoms. The van der Waals surface area contributed by atoms with Crippen LogP contribution < -0.4 is 21.3 Å². The van der Waals surface area contributed by atoms with Crippen molar-refractivity contribution in [1.29, 1.82) is 0 Å². The molecular weight excluding hydrogens is 472 g/mol. The molecule has 3 heterocycles. The number of ether oxygens (including phenoxy) is 1. The number of thiophene rings is 1. The van der Waals surface area contributed by atoms with Gasteiger partial charge in [0.1, 0.15) is 22.1 Å². The molecule has 2 aromatic heterocycles. The van der Waals surface area contributed by atoms with Crippen LogP contribution in [0.4, 0.5) is 8.78 Å². The molecule has 1 N–H and O–H groups in total. The summed E-state index contributed by atoms with van der Waals surface area (Å²) in [6.07, 6.45) is 1.34. The number of aryl methyl sites for hydroxylation is 1. The molecule has 6 nitrogen and oxygen atoms in total. The summed E-state index contributed by atoms with van der Waals surface area (Å²) in [5.74, 6) is -0.441. The van der Waals surface area contributed by atoms with E-state index in [1.165, 1.54) is 41.2 Å². The van der Waals surface area contributed by atoms with Crippen LogP contribution in [-0.4, -0.2) is 29.3 Å². The van der Waals surface area contributed by atoms with Gasteiger partial charge in [-0.1, -0.05) is 12.1 Å². The molecule has 0 saturated carbocycles. The van der Waals surface area contributed by atoms with Crippen molar-refractivity contribution in [3.05, 3.63) is 86.1 Å². The quantitative estimate of drug-likeness (QED) is 0.442. The molecular formula is C26H25F2N3O3S. The second kappa shape index (κ2) is 9.39. The van der Waals surface area contributed by atoms with Gasteiger partial charge in [-0.25, -0.2) is 13.6 Å². The normalized spacial score (nSPS) is 14.5. The van der Waals surface area contributed by atoms with Crippen LogP contribution >= 0.6 is 11.3 Å². The maximum Gasteiger partial charge on any atom is 0.332 e. The predicted octanol–water partition coefficient (Wildman–Crippen LogP) is 4.46. The minimum atomic E-state index is -0.432. The molecule has 1 aliphatic rings. The molecule has 0 atom stereocenters. The summed E-state index contributed by atoms with van der Waals surface area (Å²) in [6, 6.07) is 10.6. The topological polar surface area (TPSA) is 65.3 Å². The summed E-state index contributed by atoms with van der Waals surface area (Å²) in [5, 5.41) is 3.26. The van der Waals surface area contributed by atoms with Crippen LogP contribution in [0.5, 0.6) is 5.75 Å². The SMILES string of the molecule is COc1cc(F)ccc1-c1cc2c(s1)c(=O)n(C1CCNCC1)c(=O)n2Cc1ccc(C)c(F)c1. The van der Waals surface area contributed by atoms with Crippen molar-refractivity contribution >= 4 is 21.6 Å². The third-order valence-corrected chi connectivity index (χ3v) is 7.68. The number of rotatable bonds is 5. The number of benzene rings is 2. The van der Waals surface area contributed by atoms with Crippen molar-refractivity contribution in [2.24, 2.45) is 0 Å². The maximum absolute atomic E-state index is 14.3. The number of hydrogen-bond acceptors (Lipinski definition) is 5. The zero-order valence-corrected chi connectivity index (χ0v) is 20.3. The molecule has 35 heavy (non-hydrogen) atoms. The summed E-state index contributed by atoms with van der Waals surface area (Å²) in [6.45, 7) is 3.25. The summed E-state index contributed by atoms with van der Waals surface area (Å²) >= 11 is 1.24. The molecule has 0 aliphatic carbocycles. The highest BCUT2D eigenvalue weighted by molar-refractivity contribution is 7.22. The average molecular weight is 498 g/mol. The molecule has 2 aromatic carbocycles. The first-order valence-corrected chi connectivity index (χ1v) is 12.3. The Balaban J connectivity index is 1.74. The van der Waals surface area contributed by atoms with Crippen molar-refractivity contribution in [2.45, 2.75) is 32.4 Å². The lowest BCUT2D eigenvalue weighted by molar-refractivity contribution is 0.346. The van der Waals surface area contributed by atoms with Gasteiger partial charge < -0.3 is 10.1 Å². The van der Waals surface area contributed by atoms with Crippen molar-refractivity contribution in [3.8, 4) is 16.2 Å². The van der Waals surface area contributed by atoms with E-state index in [1.54, 1.807) is 35.8 Å². The lowest BCUT2D eigenvalue weighted by Gasteiger charge is -2.25. The van der Waals surface area contributed by atoms with Gasteiger partial charge in [0.2, 0.25) is 0 Å². The summed E-state index contributed by atoms with van der Waals surface area (Å²) in [5.41, 5.74) is 1.50. The second-order valence-corrected chi connectivity index (χ2v) is 9.83. The lowest BCUT2D eigenvalue weighted by Crippen LogP contribution is -2.45. The first-order valence-electron chi connectivity index (χ1n) is 11.5. The van der Waals surface area contributed by atoms with Crippen molar-refractivity contribution in [3.63, 3.8) is 0 Å². The summed E-state index contributed by atoms with van der Waals surface area (Å²) < 4.78 is 36.8. The molecule has 0 radical (unpaired) electrons. The Labute approximate surface area is 204 Å². The van der Waals surface area contributed by atoms with Crippen LogP contribution in [-0.2, 0) is 6.54 Å². The van der Waals surface area contributed by atoms with E-state index in [1.807, 2.05) is 0 Å². The van der Waals surface area contributed by atoms with Gasteiger partial charge in [-0.3, -0.25) is 13.9 Å². The van der Waals surface area contributed by atoms with Gasteiger partial charge in [-0.2, -0.15) is 0 Å². The zero-order chi connectivity index (χ0) is 24.7. The van der Waals surface area contributed by atoms with Crippen LogP contribution in [0.15, 0.2) is 52.1 Å². The molecule has 182 valence electrons. The van der Waals surface area contributed by atoms with E-state index in [0.29, 0.717) is 50.4 Å². The van der Waals surface area contributed by atoms with E-state index < -0.39 is 11.5 Å². The smallest absolute Gasteiger partial charge is 0.332 e. The Morgan fingerprint density at radius 3 is 2.57 bits per heavy atom. The average Bonchev–Trinajstić information content (AvgIpc) is 3.30. The molecule has 0 amide bonds. The van der Waals surface area contributed by atoms with Gasteiger partial charge in [0, 0.05) is 22.5 Å². The van der Waals surface area contributed by atoms with Crippen molar-refractivity contribution in [2.75, 3.05) is 20.2 Å². The predicted molar refractivity (Wildman–Crippen MR) is 134 cm³/mol. The van der Waals surface area contributed by atoms with Crippen LogP contribution in [0.25, 0.3) is 20.7 Å². The summed E-state index contributed by atoms with van der Waals surface area (Å²) in [4.78, 5) is 28.0. The number of methoxy groups -OCH3 is 1. The van der Waals surface area contributed by atoms with E-state index in [2.05, 4.69) is 5.32 Å². The van der Waals surface area contributed by atoms with E-state index >= 15 is 0 Å². The standard InChI is InChI=1S/C26H25F2N3O3S/c1-15-3-4-16(11-20(15)28)14-30-21-13-23(19-6-5-17(27)12-22(19)34-2)35-24(21)25(32)31(26(30)33)18-7-9-29-10-8-18/h3-6,11-13,18,29H,7-10,14H2,1-2H3. The van der Waals surface area contributed by atoms with Crippen molar-refractivity contribution in [1.82, 2.24) is 14.5 Å². The van der Waals surface area contributed by atoms with Gasteiger partial charge >= 0.3 is 5.69 Å². The Morgan fingerprint density at radius 2 is 1.86 bits per heavy atom. The maximum atomic E-state index is 14.3. The van der Waals surface area contributed by atoms with Gasteiger partial charge in [-0.15, -0.1) is 11.3 Å². The molecule has 0 spiro atoms. The van der Waals surface area contributed by atoms with Crippen LogP contribution in [0.1, 0.15) is 30.0 Å². The fourth-order valence-electron chi connectivity index (χ4n) is 4.62. The third kappa shape index (κ3) is 4.30. The number of piperidine rings is 1. The molecule has 1 aliphatic heterocycles. The zero-order valence-electron chi connectivity index (χ0n) is 19.4. The number of nitrogens with zero attached hydrogens (tertiary/aromatic N) is 2. The van der Waals surface area contributed by atoms with E-state index in [0.717, 1.165) is 13.1 Å². The largest absolute Gasteiger partial charge is 0.496 e. The molecule has 1 saturated heterocycles. The number of nitrogens with one attached hydrogen (secondary N) is 1. The van der Waals surface area contributed by atoms with E-state index in [-0.39, 0.29) is 24.0 Å². The third-order valence-electron chi connectivity index (χ3n) is 6.53. The minimum absolute atomic E-state index is 0.120. The highest BCUT2D eigenvalue weighted by atomic mass is 32.1. The first kappa shape index (κ1) is 23.4. The highest BCUT2D eigenvalue weighted by Gasteiger charge is 2.24. The van der Waals surface area contributed by atoms with Crippen molar-refractivity contribution < 1.29 is 13.5 Å².